The molecule has 0 spiro atoms. The summed E-state index contributed by atoms with van der Waals surface area (Å²) in [6.45, 7) is 2.01. The van der Waals surface area contributed by atoms with Gasteiger partial charge in [0.15, 0.2) is 5.58 Å². The first-order chi connectivity index (χ1) is 10.8. The van der Waals surface area contributed by atoms with Crippen molar-refractivity contribution in [3.8, 4) is 11.5 Å². The molecule has 4 aromatic rings. The molecule has 0 aliphatic carbocycles. The van der Waals surface area contributed by atoms with Gasteiger partial charge in [-0.25, -0.2) is 4.98 Å². The molecule has 0 saturated heterocycles. The monoisotopic (exact) mass is 309 g/mol. The summed E-state index contributed by atoms with van der Waals surface area (Å²) in [5.41, 5.74) is 3.57. The van der Waals surface area contributed by atoms with Crippen molar-refractivity contribution >= 4 is 22.9 Å². The van der Waals surface area contributed by atoms with Crippen LogP contribution < -0.4 is 0 Å². The number of para-hydroxylation sites is 2. The average molecular weight is 309 g/mol. The van der Waals surface area contributed by atoms with Crippen molar-refractivity contribution in [1.29, 1.82) is 0 Å². The van der Waals surface area contributed by atoms with Gasteiger partial charge in [-0.3, -0.25) is 0 Å². The number of aromatic nitrogens is 3. The van der Waals surface area contributed by atoms with Crippen LogP contribution in [0.5, 0.6) is 0 Å². The maximum absolute atomic E-state index is 5.69. The van der Waals surface area contributed by atoms with Gasteiger partial charge in [0.1, 0.15) is 5.52 Å². The lowest BCUT2D eigenvalue weighted by molar-refractivity contribution is 0.451. The summed E-state index contributed by atoms with van der Waals surface area (Å²) in [4.78, 5) is 4.38. The quantitative estimate of drug-likeness (QED) is 0.561. The summed E-state index contributed by atoms with van der Waals surface area (Å²) in [5, 5.41) is 9.03. The van der Waals surface area contributed by atoms with E-state index in [9.17, 15) is 0 Å². The zero-order valence-electron chi connectivity index (χ0n) is 11.7. The minimum atomic E-state index is 0.407. The highest BCUT2D eigenvalue weighted by Gasteiger charge is 2.14. The largest absolute Gasteiger partial charge is 0.431 e. The Hall–Kier alpha value is -2.60. The molecule has 0 bridgehead atoms. The smallest absolute Gasteiger partial charge is 0.286 e. The normalized spacial score (nSPS) is 11.1. The first-order valence-corrected chi connectivity index (χ1v) is 7.54. The van der Waals surface area contributed by atoms with E-state index in [-0.39, 0.29) is 0 Å². The van der Waals surface area contributed by atoms with Crippen LogP contribution in [0.25, 0.3) is 22.6 Å². The van der Waals surface area contributed by atoms with E-state index >= 15 is 0 Å². The lowest BCUT2D eigenvalue weighted by atomic mass is 10.1. The Morgan fingerprint density at radius 1 is 0.864 bits per heavy atom. The van der Waals surface area contributed by atoms with Gasteiger partial charge in [-0.05, 0) is 30.7 Å². The van der Waals surface area contributed by atoms with Crippen molar-refractivity contribution in [1.82, 2.24) is 15.2 Å². The van der Waals surface area contributed by atoms with Crippen LogP contribution in [0.15, 0.2) is 67.8 Å². The summed E-state index contributed by atoms with van der Waals surface area (Å²) in [6.07, 6.45) is 0. The van der Waals surface area contributed by atoms with E-state index in [4.69, 9.17) is 8.83 Å². The number of hydrogen-bond acceptors (Lipinski definition) is 6. The predicted molar refractivity (Wildman–Crippen MR) is 82.6 cm³/mol. The highest BCUT2D eigenvalue weighted by Crippen LogP contribution is 2.31. The van der Waals surface area contributed by atoms with Gasteiger partial charge in [0.25, 0.3) is 10.4 Å². The maximum Gasteiger partial charge on any atom is 0.286 e. The molecule has 5 nitrogen and oxygen atoms in total. The molecule has 0 aliphatic heterocycles. The Labute approximate surface area is 130 Å². The zero-order chi connectivity index (χ0) is 14.9. The molecule has 2 aromatic heterocycles. The molecule has 22 heavy (non-hydrogen) atoms. The first kappa shape index (κ1) is 13.1. The first-order valence-electron chi connectivity index (χ1n) is 6.72. The van der Waals surface area contributed by atoms with Crippen molar-refractivity contribution < 1.29 is 8.83 Å². The molecule has 0 unspecified atom stereocenters. The van der Waals surface area contributed by atoms with Crippen LogP contribution in [-0.2, 0) is 0 Å². The van der Waals surface area contributed by atoms with Crippen LogP contribution in [0.3, 0.4) is 0 Å². The summed E-state index contributed by atoms with van der Waals surface area (Å²) < 4.78 is 11.3. The van der Waals surface area contributed by atoms with Gasteiger partial charge in [0, 0.05) is 17.3 Å². The molecule has 4 rings (SSSR count). The standard InChI is InChI=1S/C16H11N3O2S/c1-10-6-2-3-7-11(10)14-18-19-16(21-14)22-15-17-12-8-4-5-9-13(12)20-15/h2-9H,1H3. The van der Waals surface area contributed by atoms with E-state index in [0.717, 1.165) is 22.2 Å². The van der Waals surface area contributed by atoms with Crippen LogP contribution >= 0.6 is 11.8 Å². The van der Waals surface area contributed by atoms with E-state index in [0.29, 0.717) is 16.3 Å². The predicted octanol–water partition coefficient (Wildman–Crippen LogP) is 4.34. The van der Waals surface area contributed by atoms with Crippen molar-refractivity contribution in [2.24, 2.45) is 0 Å². The third-order valence-electron chi connectivity index (χ3n) is 3.23. The van der Waals surface area contributed by atoms with E-state index in [2.05, 4.69) is 15.2 Å². The van der Waals surface area contributed by atoms with Crippen molar-refractivity contribution in [3.63, 3.8) is 0 Å². The fourth-order valence-corrected chi connectivity index (χ4v) is 2.77. The number of benzene rings is 2. The second-order valence-electron chi connectivity index (χ2n) is 4.74. The third-order valence-corrected chi connectivity index (χ3v) is 3.92. The van der Waals surface area contributed by atoms with Gasteiger partial charge >= 0.3 is 0 Å². The molecule has 6 heteroatoms. The van der Waals surface area contributed by atoms with Crippen LogP contribution in [-0.4, -0.2) is 15.2 Å². The lowest BCUT2D eigenvalue weighted by Gasteiger charge is -1.98. The number of fused-ring (bicyclic) bond motifs is 1. The van der Waals surface area contributed by atoms with Crippen molar-refractivity contribution in [3.05, 3.63) is 54.1 Å². The van der Waals surface area contributed by atoms with E-state index in [1.165, 1.54) is 11.8 Å². The van der Waals surface area contributed by atoms with E-state index in [1.54, 1.807) is 0 Å². The summed E-state index contributed by atoms with van der Waals surface area (Å²) in [5.74, 6) is 0.497. The summed E-state index contributed by atoms with van der Waals surface area (Å²) in [6, 6.07) is 15.5. The zero-order valence-corrected chi connectivity index (χ0v) is 12.5. The minimum Gasteiger partial charge on any atom is -0.431 e. The highest BCUT2D eigenvalue weighted by molar-refractivity contribution is 7.98. The Bertz CT molecular complexity index is 912. The Kier molecular flexibility index (Phi) is 3.16. The number of oxazole rings is 1. The van der Waals surface area contributed by atoms with Gasteiger partial charge in [-0.2, -0.15) is 0 Å². The second-order valence-corrected chi connectivity index (χ2v) is 5.64. The molecular formula is C16H11N3O2S. The number of rotatable bonds is 3. The fraction of sp³-hybridized carbons (Fsp3) is 0.0625. The molecule has 0 radical (unpaired) electrons. The molecule has 0 fully saturated rings. The van der Waals surface area contributed by atoms with Gasteiger partial charge < -0.3 is 8.83 Å². The molecule has 0 N–H and O–H groups in total. The topological polar surface area (TPSA) is 65.0 Å². The van der Waals surface area contributed by atoms with Gasteiger partial charge in [-0.1, -0.05) is 30.3 Å². The molecule has 2 aromatic carbocycles. The second kappa shape index (κ2) is 5.31. The molecule has 108 valence electrons. The summed E-state index contributed by atoms with van der Waals surface area (Å²) >= 11 is 1.22. The molecule has 0 saturated carbocycles. The van der Waals surface area contributed by atoms with Crippen molar-refractivity contribution in [2.75, 3.05) is 0 Å². The van der Waals surface area contributed by atoms with E-state index < -0.39 is 0 Å². The maximum atomic E-state index is 5.69. The molecule has 0 atom stereocenters. The molecule has 0 amide bonds. The summed E-state index contributed by atoms with van der Waals surface area (Å²) in [7, 11) is 0. The van der Waals surface area contributed by atoms with Crippen LogP contribution in [0.2, 0.25) is 0 Å². The highest BCUT2D eigenvalue weighted by atomic mass is 32.2. The van der Waals surface area contributed by atoms with E-state index in [1.807, 2.05) is 55.5 Å². The van der Waals surface area contributed by atoms with Gasteiger partial charge in [0.05, 0.1) is 0 Å². The lowest BCUT2D eigenvalue weighted by Crippen LogP contribution is -1.81. The van der Waals surface area contributed by atoms with Crippen LogP contribution in [0, 0.1) is 6.92 Å². The van der Waals surface area contributed by atoms with Gasteiger partial charge in [0.2, 0.25) is 5.89 Å². The number of hydrogen-bond donors (Lipinski definition) is 0. The average Bonchev–Trinajstić information content (AvgIpc) is 3.14. The number of aryl methyl sites for hydroxylation is 1. The third kappa shape index (κ3) is 2.37. The molecular weight excluding hydrogens is 298 g/mol. The minimum absolute atomic E-state index is 0.407. The van der Waals surface area contributed by atoms with Crippen LogP contribution in [0.4, 0.5) is 0 Å². The van der Waals surface area contributed by atoms with Crippen LogP contribution in [0.1, 0.15) is 5.56 Å². The molecule has 2 heterocycles. The Morgan fingerprint density at radius 2 is 1.68 bits per heavy atom. The van der Waals surface area contributed by atoms with Gasteiger partial charge in [-0.15, -0.1) is 10.2 Å². The van der Waals surface area contributed by atoms with Crippen molar-refractivity contribution in [2.45, 2.75) is 17.4 Å². The fourth-order valence-electron chi connectivity index (χ4n) is 2.14. The SMILES string of the molecule is Cc1ccccc1-c1nnc(Sc2nc3ccccc3o2)o1. The Balaban J connectivity index is 1.63. The Morgan fingerprint density at radius 3 is 2.55 bits per heavy atom. The molecule has 0 aliphatic rings. The number of nitrogens with zero attached hydrogens (tertiary/aromatic N) is 3.